The summed E-state index contributed by atoms with van der Waals surface area (Å²) in [6.45, 7) is 0. The molecule has 1 aromatic rings. The van der Waals surface area contributed by atoms with Gasteiger partial charge in [0, 0.05) is 15.9 Å². The molecule has 0 aromatic heterocycles. The van der Waals surface area contributed by atoms with Gasteiger partial charge in [-0.1, -0.05) is 11.6 Å². The molecule has 2 N–H and O–H groups in total. The molecule has 1 unspecified atom stereocenters. The summed E-state index contributed by atoms with van der Waals surface area (Å²) >= 11 is 7.12. The molecule has 1 aliphatic rings. The number of aliphatic hydroxyl groups is 1. The summed E-state index contributed by atoms with van der Waals surface area (Å²) in [5, 5.41) is 7.65. The molecule has 12 heteroatoms. The molecular formula is C14H6BrClF7NO2. The standard InChI is InChI=1S/C14H6BrClF7NO2/c15-14(22,23)12(26)24-11-7(25)3-13(16,21)8(10(11)20)4-1-5(17)9(19)6(18)2-4/h1-2,25H,3H2,(H,24,26). The van der Waals surface area contributed by atoms with Crippen molar-refractivity contribution >= 4 is 39.0 Å². The lowest BCUT2D eigenvalue weighted by Crippen LogP contribution is -2.38. The fourth-order valence-corrected chi connectivity index (χ4v) is 2.57. The summed E-state index contributed by atoms with van der Waals surface area (Å²) in [6, 6.07) is 0.426. The van der Waals surface area contributed by atoms with Crippen molar-refractivity contribution in [2.75, 3.05) is 0 Å². The molecule has 2 rings (SSSR count). The van der Waals surface area contributed by atoms with Crippen LogP contribution in [0.1, 0.15) is 12.0 Å². The zero-order valence-corrected chi connectivity index (χ0v) is 14.5. The molecule has 3 nitrogen and oxygen atoms in total. The lowest BCUT2D eigenvalue weighted by atomic mass is 9.91. The fourth-order valence-electron chi connectivity index (χ4n) is 2.15. The Morgan fingerprint density at radius 3 is 2.19 bits per heavy atom. The van der Waals surface area contributed by atoms with Gasteiger partial charge in [-0.15, -0.1) is 0 Å². The van der Waals surface area contributed by atoms with Gasteiger partial charge in [-0.3, -0.25) is 4.79 Å². The minimum Gasteiger partial charge on any atom is -0.510 e. The molecule has 1 atom stereocenters. The number of amides is 1. The third kappa shape index (κ3) is 3.83. The van der Waals surface area contributed by atoms with E-state index in [9.17, 15) is 40.6 Å². The molecule has 0 saturated heterocycles. The van der Waals surface area contributed by atoms with Crippen LogP contribution in [0.4, 0.5) is 30.7 Å². The van der Waals surface area contributed by atoms with Gasteiger partial charge in [-0.25, -0.2) is 22.0 Å². The number of hydrogen-bond donors (Lipinski definition) is 2. The number of hydrogen-bond acceptors (Lipinski definition) is 2. The van der Waals surface area contributed by atoms with E-state index in [2.05, 4.69) is 0 Å². The van der Waals surface area contributed by atoms with Crippen LogP contribution in [0.5, 0.6) is 0 Å². The van der Waals surface area contributed by atoms with Gasteiger partial charge in [0.2, 0.25) is 5.13 Å². The van der Waals surface area contributed by atoms with Crippen molar-refractivity contribution in [3.8, 4) is 0 Å². The van der Waals surface area contributed by atoms with Crippen molar-refractivity contribution in [3.05, 3.63) is 52.4 Å². The number of alkyl halides is 5. The highest BCUT2D eigenvalue weighted by atomic mass is 79.9. The molecular weight excluding hydrogens is 463 g/mol. The molecule has 0 radical (unpaired) electrons. The highest BCUT2D eigenvalue weighted by molar-refractivity contribution is 9.10. The molecule has 0 spiro atoms. The molecule has 1 aromatic carbocycles. The van der Waals surface area contributed by atoms with Crippen LogP contribution in [0.2, 0.25) is 0 Å². The second-order valence-corrected chi connectivity index (χ2v) is 6.69. The first-order valence-corrected chi connectivity index (χ1v) is 7.66. The predicted molar refractivity (Wildman–Crippen MR) is 80.3 cm³/mol. The molecule has 1 aliphatic carbocycles. The van der Waals surface area contributed by atoms with E-state index in [0.717, 1.165) is 0 Å². The van der Waals surface area contributed by atoms with Crippen molar-refractivity contribution in [1.29, 1.82) is 0 Å². The zero-order chi connectivity index (χ0) is 20.0. The second-order valence-electron chi connectivity index (χ2n) is 5.10. The van der Waals surface area contributed by atoms with Crippen LogP contribution in [0.15, 0.2) is 29.4 Å². The van der Waals surface area contributed by atoms with Crippen LogP contribution >= 0.6 is 27.5 Å². The topological polar surface area (TPSA) is 49.3 Å². The van der Waals surface area contributed by atoms with Crippen molar-refractivity contribution in [2.45, 2.75) is 16.4 Å². The first-order chi connectivity index (χ1) is 11.8. The summed E-state index contributed by atoms with van der Waals surface area (Å²) in [7, 11) is 0. The maximum absolute atomic E-state index is 14.6. The fraction of sp³-hybridized carbons (Fsp3) is 0.214. The lowest BCUT2D eigenvalue weighted by Gasteiger charge is -2.28. The van der Waals surface area contributed by atoms with Gasteiger partial charge >= 0.3 is 10.7 Å². The third-order valence-corrected chi connectivity index (χ3v) is 3.93. The van der Waals surface area contributed by atoms with E-state index in [-0.39, 0.29) is 12.1 Å². The predicted octanol–water partition coefficient (Wildman–Crippen LogP) is 4.97. The molecule has 1 amide bonds. The van der Waals surface area contributed by atoms with Crippen LogP contribution in [0, 0.1) is 17.5 Å². The van der Waals surface area contributed by atoms with Gasteiger partial charge in [-0.2, -0.15) is 8.78 Å². The second kappa shape index (κ2) is 6.76. The van der Waals surface area contributed by atoms with E-state index in [4.69, 9.17) is 11.6 Å². The first-order valence-electron chi connectivity index (χ1n) is 6.49. The summed E-state index contributed by atoms with van der Waals surface area (Å²) in [5.74, 6) is -10.8. The van der Waals surface area contributed by atoms with Gasteiger partial charge in [-0.05, 0) is 17.7 Å². The Morgan fingerprint density at radius 1 is 1.23 bits per heavy atom. The number of halogens is 9. The minimum absolute atomic E-state index is 0.213. The third-order valence-electron chi connectivity index (χ3n) is 3.25. The van der Waals surface area contributed by atoms with Crippen LogP contribution in [0.3, 0.4) is 0 Å². The first kappa shape index (κ1) is 20.6. The molecule has 142 valence electrons. The average Bonchev–Trinajstić information content (AvgIpc) is 2.46. The number of benzene rings is 1. The normalized spacial score (nSPS) is 21.3. The van der Waals surface area contributed by atoms with Gasteiger partial charge < -0.3 is 10.4 Å². The minimum atomic E-state index is -4.17. The Hall–Kier alpha value is -1.75. The monoisotopic (exact) mass is 467 g/mol. The van der Waals surface area contributed by atoms with Gasteiger partial charge in [0.1, 0.15) is 11.5 Å². The van der Waals surface area contributed by atoms with E-state index in [1.807, 2.05) is 0 Å². The highest BCUT2D eigenvalue weighted by Gasteiger charge is 2.45. The Morgan fingerprint density at radius 2 is 1.73 bits per heavy atom. The number of nitrogens with one attached hydrogen (secondary N) is 1. The van der Waals surface area contributed by atoms with Crippen molar-refractivity contribution in [2.24, 2.45) is 0 Å². The Balaban J connectivity index is 2.63. The molecule has 0 aliphatic heterocycles. The molecule has 0 saturated carbocycles. The SMILES string of the molecule is O=C(NC1=C(O)CC(F)(Cl)C(c2cc(F)c(F)c(F)c2)=C1F)C(F)(F)Br. The Labute approximate surface area is 154 Å². The number of rotatable bonds is 3. The van der Waals surface area contributed by atoms with Crippen LogP contribution in [0.25, 0.3) is 5.57 Å². The van der Waals surface area contributed by atoms with Crippen molar-refractivity contribution in [1.82, 2.24) is 5.32 Å². The Bertz CT molecular complexity index is 825. The molecule has 0 fully saturated rings. The number of allylic oxidation sites excluding steroid dienone is 3. The molecule has 26 heavy (non-hydrogen) atoms. The lowest BCUT2D eigenvalue weighted by molar-refractivity contribution is -0.133. The number of aliphatic hydroxyl groups excluding tert-OH is 1. The maximum atomic E-state index is 14.6. The summed E-state index contributed by atoms with van der Waals surface area (Å²) in [5.41, 5.74) is -3.47. The molecule has 0 bridgehead atoms. The van der Waals surface area contributed by atoms with E-state index in [0.29, 0.717) is 0 Å². The van der Waals surface area contributed by atoms with Crippen molar-refractivity contribution in [3.63, 3.8) is 0 Å². The average molecular weight is 469 g/mol. The van der Waals surface area contributed by atoms with E-state index >= 15 is 0 Å². The molecule has 0 heterocycles. The van der Waals surface area contributed by atoms with Crippen LogP contribution in [-0.2, 0) is 4.79 Å². The number of carbonyl (C=O) groups is 1. The van der Waals surface area contributed by atoms with Gasteiger partial charge in [0.15, 0.2) is 23.3 Å². The smallest absolute Gasteiger partial charge is 0.378 e. The van der Waals surface area contributed by atoms with Crippen molar-refractivity contribution < 1.29 is 40.6 Å². The van der Waals surface area contributed by atoms with Gasteiger partial charge in [0.05, 0.1) is 12.0 Å². The van der Waals surface area contributed by atoms with E-state index in [1.54, 1.807) is 15.9 Å². The largest absolute Gasteiger partial charge is 0.510 e. The highest BCUT2D eigenvalue weighted by Crippen LogP contribution is 2.47. The zero-order valence-electron chi connectivity index (χ0n) is 12.1. The number of carbonyl (C=O) groups excluding carboxylic acids is 1. The van der Waals surface area contributed by atoms with E-state index in [1.165, 1.54) is 5.32 Å². The van der Waals surface area contributed by atoms with Crippen LogP contribution < -0.4 is 5.32 Å². The summed E-state index contributed by atoms with van der Waals surface area (Å²) in [6.07, 6.45) is -1.23. The summed E-state index contributed by atoms with van der Waals surface area (Å²) < 4.78 is 94.5. The Kier molecular flexibility index (Phi) is 5.35. The van der Waals surface area contributed by atoms with Gasteiger partial charge in [0.25, 0.3) is 0 Å². The maximum Gasteiger partial charge on any atom is 0.378 e. The van der Waals surface area contributed by atoms with E-state index < -0.39 is 68.2 Å². The summed E-state index contributed by atoms with van der Waals surface area (Å²) in [4.78, 5) is 7.08. The quantitative estimate of drug-likeness (QED) is 0.374. The van der Waals surface area contributed by atoms with Crippen LogP contribution in [-0.4, -0.2) is 21.0 Å².